The molecule has 27 heavy (non-hydrogen) atoms. The maximum absolute atomic E-state index is 12.7. The molecule has 2 aromatic rings. The molecule has 7 nitrogen and oxygen atoms in total. The predicted molar refractivity (Wildman–Crippen MR) is 107 cm³/mol. The average Bonchev–Trinajstić information content (AvgIpc) is 3.06. The molecule has 0 unspecified atom stereocenters. The zero-order chi connectivity index (χ0) is 19.4. The monoisotopic (exact) mass is 388 g/mol. The molecule has 0 atom stereocenters. The fourth-order valence-corrected chi connectivity index (χ4v) is 4.10. The van der Waals surface area contributed by atoms with Gasteiger partial charge in [0, 0.05) is 25.7 Å². The van der Waals surface area contributed by atoms with Gasteiger partial charge >= 0.3 is 0 Å². The van der Waals surface area contributed by atoms with Crippen LogP contribution in [0.4, 0.5) is 17.2 Å². The van der Waals surface area contributed by atoms with Crippen LogP contribution in [-0.4, -0.2) is 32.4 Å². The van der Waals surface area contributed by atoms with Crippen molar-refractivity contribution in [1.29, 1.82) is 0 Å². The van der Waals surface area contributed by atoms with E-state index in [1.54, 1.807) is 35.4 Å². The van der Waals surface area contributed by atoms with E-state index in [9.17, 15) is 13.2 Å². The summed E-state index contributed by atoms with van der Waals surface area (Å²) in [6.07, 6.45) is 4.42. The van der Waals surface area contributed by atoms with Crippen LogP contribution in [0, 0.1) is 0 Å². The van der Waals surface area contributed by atoms with Crippen LogP contribution in [0.15, 0.2) is 41.4 Å². The van der Waals surface area contributed by atoms with Crippen molar-refractivity contribution in [3.05, 3.63) is 42.1 Å². The molecular formula is C19H24N4O3S. The number of carbonyl (C=O) groups is 1. The Balaban J connectivity index is 1.73. The van der Waals surface area contributed by atoms with E-state index in [1.165, 1.54) is 13.0 Å². The van der Waals surface area contributed by atoms with Crippen molar-refractivity contribution in [3.8, 4) is 0 Å². The lowest BCUT2D eigenvalue weighted by atomic mass is 10.2. The highest BCUT2D eigenvalue weighted by molar-refractivity contribution is 7.92. The van der Waals surface area contributed by atoms with Crippen molar-refractivity contribution in [2.45, 2.75) is 38.0 Å². The fraction of sp³-hybridized carbons (Fsp3) is 0.368. The maximum Gasteiger partial charge on any atom is 0.263 e. The lowest BCUT2D eigenvalue weighted by molar-refractivity contribution is -0.116. The van der Waals surface area contributed by atoms with Crippen molar-refractivity contribution in [2.24, 2.45) is 0 Å². The van der Waals surface area contributed by atoms with Gasteiger partial charge in [-0.2, -0.15) is 0 Å². The summed E-state index contributed by atoms with van der Waals surface area (Å²) in [7, 11) is -3.74. The first kappa shape index (κ1) is 19.2. The zero-order valence-corrected chi connectivity index (χ0v) is 16.3. The van der Waals surface area contributed by atoms with Gasteiger partial charge in [0.15, 0.2) is 0 Å². The van der Waals surface area contributed by atoms with Crippen molar-refractivity contribution >= 4 is 33.1 Å². The van der Waals surface area contributed by atoms with Crippen LogP contribution in [-0.2, 0) is 21.2 Å². The predicted octanol–water partition coefficient (Wildman–Crippen LogP) is 3.00. The Kier molecular flexibility index (Phi) is 5.65. The number of anilines is 3. The van der Waals surface area contributed by atoms with Gasteiger partial charge in [-0.25, -0.2) is 13.4 Å². The Morgan fingerprint density at radius 3 is 2.74 bits per heavy atom. The number of nitrogens with zero attached hydrogens (tertiary/aromatic N) is 2. The van der Waals surface area contributed by atoms with E-state index >= 15 is 0 Å². The van der Waals surface area contributed by atoms with Crippen molar-refractivity contribution in [2.75, 3.05) is 28.0 Å². The van der Waals surface area contributed by atoms with Crippen LogP contribution in [0.2, 0.25) is 0 Å². The summed E-state index contributed by atoms with van der Waals surface area (Å²) in [5.74, 6) is 0.223. The lowest BCUT2D eigenvalue weighted by Gasteiger charge is -2.15. The number of hydrogen-bond donors (Lipinski definition) is 2. The van der Waals surface area contributed by atoms with Gasteiger partial charge in [0.2, 0.25) is 5.91 Å². The molecule has 2 heterocycles. The van der Waals surface area contributed by atoms with E-state index in [0.29, 0.717) is 13.0 Å². The van der Waals surface area contributed by atoms with E-state index in [2.05, 4.69) is 21.9 Å². The molecule has 0 fully saturated rings. The summed E-state index contributed by atoms with van der Waals surface area (Å²) < 4.78 is 27.8. The second kappa shape index (κ2) is 7.96. The zero-order valence-electron chi connectivity index (χ0n) is 15.5. The Labute approximate surface area is 159 Å². The average molecular weight is 388 g/mol. The number of benzene rings is 1. The number of rotatable bonds is 7. The first-order valence-electron chi connectivity index (χ1n) is 9.04. The number of amides is 1. The minimum atomic E-state index is -3.74. The van der Waals surface area contributed by atoms with Crippen LogP contribution in [0.3, 0.4) is 0 Å². The molecule has 0 spiro atoms. The standard InChI is InChI=1S/C19H24N4O3S/c1-3-4-10-20-16-5-8-19(21-13-16)22-27(25,26)17-6-7-18-15(12-17)9-11-23(18)14(2)24/h5-8,12-13,20H,3-4,9-11H2,1-2H3,(H,21,22). The molecule has 0 saturated heterocycles. The SMILES string of the molecule is CCCCNc1ccc(NS(=O)(=O)c2ccc3c(c2)CCN3C(C)=O)nc1. The van der Waals surface area contributed by atoms with Crippen molar-refractivity contribution in [1.82, 2.24) is 4.98 Å². The molecule has 1 amide bonds. The fourth-order valence-electron chi connectivity index (χ4n) is 3.04. The minimum absolute atomic E-state index is 0.0423. The summed E-state index contributed by atoms with van der Waals surface area (Å²) in [4.78, 5) is 17.6. The molecule has 3 rings (SSSR count). The molecule has 0 saturated carbocycles. The Morgan fingerprint density at radius 2 is 2.07 bits per heavy atom. The Hall–Kier alpha value is -2.61. The molecule has 0 radical (unpaired) electrons. The van der Waals surface area contributed by atoms with E-state index in [4.69, 9.17) is 0 Å². The number of pyridine rings is 1. The molecule has 2 N–H and O–H groups in total. The highest BCUT2D eigenvalue weighted by Gasteiger charge is 2.25. The largest absolute Gasteiger partial charge is 0.384 e. The number of fused-ring (bicyclic) bond motifs is 1. The molecule has 1 aliphatic rings. The summed E-state index contributed by atoms with van der Waals surface area (Å²) in [6, 6.07) is 8.27. The van der Waals surface area contributed by atoms with Crippen molar-refractivity contribution < 1.29 is 13.2 Å². The first-order chi connectivity index (χ1) is 12.9. The maximum atomic E-state index is 12.7. The first-order valence-corrected chi connectivity index (χ1v) is 10.5. The molecule has 1 aliphatic heterocycles. The van der Waals surface area contributed by atoms with Crippen LogP contribution in [0.5, 0.6) is 0 Å². The van der Waals surface area contributed by atoms with Crippen LogP contribution in [0.1, 0.15) is 32.3 Å². The van der Waals surface area contributed by atoms with Gasteiger partial charge in [0.1, 0.15) is 5.82 Å². The van der Waals surface area contributed by atoms with Gasteiger partial charge in [0.25, 0.3) is 10.0 Å². The number of carbonyl (C=O) groups excluding carboxylic acids is 1. The normalized spacial score (nSPS) is 13.3. The molecule has 0 aliphatic carbocycles. The summed E-state index contributed by atoms with van der Waals surface area (Å²) in [5.41, 5.74) is 2.49. The molecule has 1 aromatic carbocycles. The second-order valence-corrected chi connectivity index (χ2v) is 8.21. The van der Waals surface area contributed by atoms with E-state index in [0.717, 1.165) is 36.3 Å². The number of nitrogens with one attached hydrogen (secondary N) is 2. The quantitative estimate of drug-likeness (QED) is 0.712. The van der Waals surface area contributed by atoms with Gasteiger partial charge < -0.3 is 10.2 Å². The molecule has 8 heteroatoms. The van der Waals surface area contributed by atoms with Gasteiger partial charge in [0.05, 0.1) is 16.8 Å². The van der Waals surface area contributed by atoms with Gasteiger partial charge in [-0.15, -0.1) is 0 Å². The van der Waals surface area contributed by atoms with Crippen LogP contribution in [0.25, 0.3) is 0 Å². The van der Waals surface area contributed by atoms with Crippen LogP contribution < -0.4 is 14.9 Å². The smallest absolute Gasteiger partial charge is 0.263 e. The topological polar surface area (TPSA) is 91.4 Å². The highest BCUT2D eigenvalue weighted by atomic mass is 32.2. The minimum Gasteiger partial charge on any atom is -0.384 e. The Morgan fingerprint density at radius 1 is 1.26 bits per heavy atom. The number of hydrogen-bond acceptors (Lipinski definition) is 5. The molecule has 0 bridgehead atoms. The van der Waals surface area contributed by atoms with Crippen LogP contribution >= 0.6 is 0 Å². The van der Waals surface area contributed by atoms with Crippen molar-refractivity contribution in [3.63, 3.8) is 0 Å². The third-order valence-electron chi connectivity index (χ3n) is 4.50. The van der Waals surface area contributed by atoms with Gasteiger partial charge in [-0.1, -0.05) is 13.3 Å². The van der Waals surface area contributed by atoms with E-state index in [-0.39, 0.29) is 16.6 Å². The Bertz CT molecular complexity index is 926. The molecule has 144 valence electrons. The summed E-state index contributed by atoms with van der Waals surface area (Å²) >= 11 is 0. The number of aromatic nitrogens is 1. The van der Waals surface area contributed by atoms with E-state index in [1.807, 2.05) is 0 Å². The third-order valence-corrected chi connectivity index (χ3v) is 5.85. The van der Waals surface area contributed by atoms with Gasteiger partial charge in [-0.05, 0) is 48.7 Å². The molecule has 1 aromatic heterocycles. The number of sulfonamides is 1. The third kappa shape index (κ3) is 4.39. The molecular weight excluding hydrogens is 364 g/mol. The highest BCUT2D eigenvalue weighted by Crippen LogP contribution is 2.30. The summed E-state index contributed by atoms with van der Waals surface area (Å²) in [6.45, 7) is 5.06. The number of unbranched alkanes of at least 4 members (excludes halogenated alkanes) is 1. The second-order valence-electron chi connectivity index (χ2n) is 6.53. The van der Waals surface area contributed by atoms with E-state index < -0.39 is 10.0 Å². The summed E-state index contributed by atoms with van der Waals surface area (Å²) in [5, 5.41) is 3.24. The van der Waals surface area contributed by atoms with Gasteiger partial charge in [-0.3, -0.25) is 9.52 Å². The lowest BCUT2D eigenvalue weighted by Crippen LogP contribution is -2.25.